The summed E-state index contributed by atoms with van der Waals surface area (Å²) in [5, 5.41) is 0. The average Bonchev–Trinajstić information content (AvgIpc) is 2.77. The number of carbonyl (C=O) groups is 2. The number of ketones is 2. The molecule has 1 aliphatic carbocycles. The fraction of sp³-hybridized carbons (Fsp3) is 0.692. The van der Waals surface area contributed by atoms with E-state index in [1.54, 1.807) is 14.2 Å². The van der Waals surface area contributed by atoms with E-state index in [0.717, 1.165) is 25.0 Å². The highest BCUT2D eigenvalue weighted by molar-refractivity contribution is 6.37. The highest BCUT2D eigenvalue weighted by Gasteiger charge is 2.28. The molecule has 4 nitrogen and oxygen atoms in total. The van der Waals surface area contributed by atoms with E-state index in [1.165, 1.54) is 49.7 Å². The number of ether oxygens (including phenoxy) is 2. The second-order valence-corrected chi connectivity index (χ2v) is 8.68. The molecule has 2 rings (SSSR count). The molecule has 2 unspecified atom stereocenters. The third-order valence-electron chi connectivity index (χ3n) is 6.69. The number of hydrogen-bond donors (Lipinski definition) is 0. The normalized spacial score (nSPS) is 18.8. The van der Waals surface area contributed by atoms with Crippen molar-refractivity contribution >= 4 is 11.6 Å². The molecule has 4 heteroatoms. The van der Waals surface area contributed by atoms with Crippen LogP contribution in [0.3, 0.4) is 0 Å². The van der Waals surface area contributed by atoms with E-state index < -0.39 is 0 Å². The molecule has 30 heavy (non-hydrogen) atoms. The summed E-state index contributed by atoms with van der Waals surface area (Å²) in [5.74, 6) is 2.16. The molecule has 1 saturated carbocycles. The minimum Gasteiger partial charge on any atom is -0.493 e. The van der Waals surface area contributed by atoms with Crippen LogP contribution >= 0.6 is 0 Å². The summed E-state index contributed by atoms with van der Waals surface area (Å²) in [6.07, 6.45) is 11.6. The van der Waals surface area contributed by atoms with Gasteiger partial charge in [-0.25, -0.2) is 0 Å². The second kappa shape index (κ2) is 12.8. The molecule has 0 radical (unpaired) electrons. The maximum absolute atomic E-state index is 12.6. The highest BCUT2D eigenvalue weighted by Crippen LogP contribution is 2.36. The van der Waals surface area contributed by atoms with Gasteiger partial charge in [-0.1, -0.05) is 52.4 Å². The minimum absolute atomic E-state index is 0.147. The zero-order valence-electron chi connectivity index (χ0n) is 19.4. The minimum atomic E-state index is -0.187. The predicted molar refractivity (Wildman–Crippen MR) is 121 cm³/mol. The lowest BCUT2D eigenvalue weighted by atomic mass is 9.74. The van der Waals surface area contributed by atoms with Gasteiger partial charge in [0.05, 0.1) is 14.2 Å². The van der Waals surface area contributed by atoms with Crippen LogP contribution in [-0.4, -0.2) is 25.8 Å². The summed E-state index contributed by atoms with van der Waals surface area (Å²) in [5.41, 5.74) is 2.37. The molecule has 0 heterocycles. The maximum Gasteiger partial charge on any atom is 0.198 e. The largest absolute Gasteiger partial charge is 0.493 e. The third kappa shape index (κ3) is 6.85. The first-order chi connectivity index (χ1) is 14.5. The van der Waals surface area contributed by atoms with E-state index in [2.05, 4.69) is 13.8 Å². The standard InChI is InChI=1S/C26H40O4/c1-5-7-11-20-12-8-9-13-21(20)16-24(28)23(27)15-10-14-22-18-26(30-4)25(29-3)17-19(22)6-2/h17-18,20-21H,5-16H2,1-4H3. The number of rotatable bonds is 13. The monoisotopic (exact) mass is 416 g/mol. The Bertz CT molecular complexity index is 695. The van der Waals surface area contributed by atoms with Gasteiger partial charge in [0.25, 0.3) is 0 Å². The first-order valence-corrected chi connectivity index (χ1v) is 11.8. The van der Waals surface area contributed by atoms with Crippen molar-refractivity contribution in [2.75, 3.05) is 14.2 Å². The summed E-state index contributed by atoms with van der Waals surface area (Å²) in [7, 11) is 3.27. The molecule has 0 spiro atoms. The lowest BCUT2D eigenvalue weighted by Gasteiger charge is -2.31. The van der Waals surface area contributed by atoms with E-state index in [4.69, 9.17) is 9.47 Å². The summed E-state index contributed by atoms with van der Waals surface area (Å²) in [6, 6.07) is 4.02. The number of hydrogen-bond acceptors (Lipinski definition) is 4. The Hall–Kier alpha value is -1.84. The second-order valence-electron chi connectivity index (χ2n) is 8.68. The Morgan fingerprint density at radius 2 is 1.53 bits per heavy atom. The number of unbranched alkanes of at least 4 members (excludes halogenated alkanes) is 1. The lowest BCUT2D eigenvalue weighted by Crippen LogP contribution is -2.25. The van der Waals surface area contributed by atoms with E-state index in [9.17, 15) is 9.59 Å². The molecule has 1 aromatic carbocycles. The highest BCUT2D eigenvalue weighted by atomic mass is 16.5. The molecule has 0 N–H and O–H groups in total. The van der Waals surface area contributed by atoms with E-state index in [0.29, 0.717) is 36.8 Å². The van der Waals surface area contributed by atoms with Crippen LogP contribution in [-0.2, 0) is 22.4 Å². The molecular formula is C26H40O4. The van der Waals surface area contributed by atoms with Crippen LogP contribution in [0, 0.1) is 11.8 Å². The van der Waals surface area contributed by atoms with Crippen molar-refractivity contribution in [3.63, 3.8) is 0 Å². The molecule has 0 saturated heterocycles. The number of Topliss-reactive ketones (excluding diaryl/α,β-unsaturated/α-hetero) is 2. The van der Waals surface area contributed by atoms with Gasteiger partial charge in [0.1, 0.15) is 0 Å². The average molecular weight is 417 g/mol. The van der Waals surface area contributed by atoms with Gasteiger partial charge in [0, 0.05) is 12.8 Å². The molecular weight excluding hydrogens is 376 g/mol. The molecule has 2 atom stereocenters. The van der Waals surface area contributed by atoms with Gasteiger partial charge in [0.15, 0.2) is 23.1 Å². The first kappa shape index (κ1) is 24.4. The molecule has 0 amide bonds. The summed E-state index contributed by atoms with van der Waals surface area (Å²) < 4.78 is 10.8. The summed E-state index contributed by atoms with van der Waals surface area (Å²) in [4.78, 5) is 25.1. The number of aryl methyl sites for hydroxylation is 2. The zero-order valence-corrected chi connectivity index (χ0v) is 19.4. The number of methoxy groups -OCH3 is 2. The Kier molecular flexibility index (Phi) is 10.4. The number of carbonyl (C=O) groups excluding carboxylic acids is 2. The van der Waals surface area contributed by atoms with Gasteiger partial charge in [-0.05, 0) is 60.8 Å². The van der Waals surface area contributed by atoms with Crippen LogP contribution in [0.4, 0.5) is 0 Å². The Morgan fingerprint density at radius 3 is 2.13 bits per heavy atom. The van der Waals surface area contributed by atoms with Crippen molar-refractivity contribution in [3.05, 3.63) is 23.3 Å². The van der Waals surface area contributed by atoms with E-state index >= 15 is 0 Å². The van der Waals surface area contributed by atoms with Gasteiger partial charge in [-0.3, -0.25) is 9.59 Å². The molecule has 0 aliphatic heterocycles. The Labute approximate surface area is 182 Å². The number of benzene rings is 1. The van der Waals surface area contributed by atoms with Gasteiger partial charge in [-0.15, -0.1) is 0 Å². The molecule has 0 bridgehead atoms. The van der Waals surface area contributed by atoms with Crippen molar-refractivity contribution in [1.29, 1.82) is 0 Å². The molecule has 0 aromatic heterocycles. The van der Waals surface area contributed by atoms with Crippen molar-refractivity contribution < 1.29 is 19.1 Å². The lowest BCUT2D eigenvalue weighted by molar-refractivity contribution is -0.137. The quantitative estimate of drug-likeness (QED) is 0.364. The first-order valence-electron chi connectivity index (χ1n) is 11.8. The van der Waals surface area contributed by atoms with E-state index in [1.807, 2.05) is 12.1 Å². The van der Waals surface area contributed by atoms with Crippen LogP contribution in [0.15, 0.2) is 12.1 Å². The van der Waals surface area contributed by atoms with Crippen molar-refractivity contribution in [2.45, 2.75) is 90.9 Å². The molecule has 1 fully saturated rings. The van der Waals surface area contributed by atoms with Crippen LogP contribution in [0.1, 0.15) is 89.2 Å². The van der Waals surface area contributed by atoms with E-state index in [-0.39, 0.29) is 11.6 Å². The van der Waals surface area contributed by atoms with Crippen LogP contribution in [0.5, 0.6) is 11.5 Å². The smallest absolute Gasteiger partial charge is 0.198 e. The van der Waals surface area contributed by atoms with Gasteiger partial charge in [0.2, 0.25) is 0 Å². The summed E-state index contributed by atoms with van der Waals surface area (Å²) in [6.45, 7) is 4.33. The molecule has 1 aromatic rings. The SMILES string of the molecule is CCCCC1CCCCC1CC(=O)C(=O)CCCc1cc(OC)c(OC)cc1CC. The molecule has 168 valence electrons. The fourth-order valence-corrected chi connectivity index (χ4v) is 4.86. The Balaban J connectivity index is 1.88. The molecule has 1 aliphatic rings. The third-order valence-corrected chi connectivity index (χ3v) is 6.69. The zero-order chi connectivity index (χ0) is 21.9. The van der Waals surface area contributed by atoms with Crippen LogP contribution in [0.25, 0.3) is 0 Å². The van der Waals surface area contributed by atoms with Crippen molar-refractivity contribution in [1.82, 2.24) is 0 Å². The van der Waals surface area contributed by atoms with Crippen LogP contribution < -0.4 is 9.47 Å². The van der Waals surface area contributed by atoms with Gasteiger partial charge >= 0.3 is 0 Å². The van der Waals surface area contributed by atoms with Crippen molar-refractivity contribution in [3.8, 4) is 11.5 Å². The van der Waals surface area contributed by atoms with Gasteiger partial charge in [-0.2, -0.15) is 0 Å². The van der Waals surface area contributed by atoms with Gasteiger partial charge < -0.3 is 9.47 Å². The maximum atomic E-state index is 12.6. The Morgan fingerprint density at radius 1 is 0.900 bits per heavy atom. The predicted octanol–water partition coefficient (Wildman–Crippen LogP) is 6.11. The fourth-order valence-electron chi connectivity index (χ4n) is 4.86. The van der Waals surface area contributed by atoms with Crippen LogP contribution in [0.2, 0.25) is 0 Å². The topological polar surface area (TPSA) is 52.6 Å². The summed E-state index contributed by atoms with van der Waals surface area (Å²) >= 11 is 0. The van der Waals surface area contributed by atoms with Crippen molar-refractivity contribution in [2.24, 2.45) is 11.8 Å².